The number of rotatable bonds is 7. The molecule has 1 aromatic rings. The molecule has 0 aromatic heterocycles. The molecule has 23 heavy (non-hydrogen) atoms. The fourth-order valence-electron chi connectivity index (χ4n) is 3.25. The number of hydrogen-bond acceptors (Lipinski definition) is 5. The number of aliphatic hydroxyl groups excluding tert-OH is 1. The molecule has 1 aromatic carbocycles. The highest BCUT2D eigenvalue weighted by molar-refractivity contribution is 5.79. The van der Waals surface area contributed by atoms with Crippen LogP contribution in [-0.2, 0) is 0 Å². The van der Waals surface area contributed by atoms with Gasteiger partial charge in [-0.15, -0.1) is 0 Å². The lowest BCUT2D eigenvalue weighted by atomic mass is 10.2. The van der Waals surface area contributed by atoms with E-state index in [0.717, 1.165) is 43.9 Å². The minimum Gasteiger partial charge on any atom is -0.492 e. The highest BCUT2D eigenvalue weighted by atomic mass is 16.5. The second-order valence-electron chi connectivity index (χ2n) is 6.35. The number of benzene rings is 1. The van der Waals surface area contributed by atoms with Gasteiger partial charge >= 0.3 is 0 Å². The quantitative estimate of drug-likeness (QED) is 0.781. The van der Waals surface area contributed by atoms with Crippen LogP contribution in [-0.4, -0.2) is 66.7 Å². The maximum atomic E-state index is 9.30. The van der Waals surface area contributed by atoms with Gasteiger partial charge in [-0.25, -0.2) is 0 Å². The summed E-state index contributed by atoms with van der Waals surface area (Å²) in [7, 11) is 0. The van der Waals surface area contributed by atoms with E-state index in [4.69, 9.17) is 4.74 Å². The van der Waals surface area contributed by atoms with Crippen LogP contribution in [0.15, 0.2) is 29.4 Å². The Morgan fingerprint density at radius 3 is 2.65 bits per heavy atom. The van der Waals surface area contributed by atoms with Gasteiger partial charge in [0.2, 0.25) is 0 Å². The zero-order valence-corrected chi connectivity index (χ0v) is 13.7. The summed E-state index contributed by atoms with van der Waals surface area (Å²) in [4.78, 5) is 2.45. The standard InChI is InChI=1S/C18H27N3O2/c22-15-17-4-3-11-21(17)19-14-16-5-7-18(8-6-16)23-13-12-20-9-1-2-10-20/h5-8,14,17,22H,1-4,9-13,15H2/b19-14+. The second-order valence-corrected chi connectivity index (χ2v) is 6.35. The van der Waals surface area contributed by atoms with Gasteiger partial charge < -0.3 is 9.84 Å². The average Bonchev–Trinajstić information content (AvgIpc) is 3.25. The molecule has 0 aliphatic carbocycles. The first-order valence-electron chi connectivity index (χ1n) is 8.72. The first kappa shape index (κ1) is 16.3. The molecular formula is C18H27N3O2. The van der Waals surface area contributed by atoms with Crippen LogP contribution in [0.2, 0.25) is 0 Å². The molecule has 2 aliphatic heterocycles. The summed E-state index contributed by atoms with van der Waals surface area (Å²) in [6.07, 6.45) is 6.64. The van der Waals surface area contributed by atoms with Crippen LogP contribution >= 0.6 is 0 Å². The Hall–Kier alpha value is -1.59. The SMILES string of the molecule is OCC1CCCN1/N=C/c1ccc(OCCN2CCCC2)cc1. The van der Waals surface area contributed by atoms with E-state index in [1.54, 1.807) is 0 Å². The van der Waals surface area contributed by atoms with E-state index >= 15 is 0 Å². The Balaban J connectivity index is 1.44. The minimum atomic E-state index is 0.180. The largest absolute Gasteiger partial charge is 0.492 e. The zero-order chi connectivity index (χ0) is 15.9. The fraction of sp³-hybridized carbons (Fsp3) is 0.611. The van der Waals surface area contributed by atoms with Crippen molar-refractivity contribution in [1.82, 2.24) is 9.91 Å². The molecule has 1 atom stereocenters. The van der Waals surface area contributed by atoms with E-state index < -0.39 is 0 Å². The molecule has 0 amide bonds. The van der Waals surface area contributed by atoms with Gasteiger partial charge in [-0.05, 0) is 68.6 Å². The molecule has 0 spiro atoms. The number of likely N-dealkylation sites (tertiary alicyclic amines) is 1. The van der Waals surface area contributed by atoms with Crippen molar-refractivity contribution in [3.8, 4) is 5.75 Å². The number of ether oxygens (including phenoxy) is 1. The highest BCUT2D eigenvalue weighted by Gasteiger charge is 2.21. The molecule has 2 saturated heterocycles. The normalized spacial score (nSPS) is 22.3. The zero-order valence-electron chi connectivity index (χ0n) is 13.7. The van der Waals surface area contributed by atoms with Crippen LogP contribution in [0.5, 0.6) is 5.75 Å². The van der Waals surface area contributed by atoms with E-state index in [1.165, 1.54) is 25.9 Å². The van der Waals surface area contributed by atoms with E-state index in [-0.39, 0.29) is 12.6 Å². The molecule has 5 nitrogen and oxygen atoms in total. The Morgan fingerprint density at radius 1 is 1.13 bits per heavy atom. The predicted molar refractivity (Wildman–Crippen MR) is 92.0 cm³/mol. The Morgan fingerprint density at radius 2 is 1.91 bits per heavy atom. The van der Waals surface area contributed by atoms with Crippen molar-refractivity contribution in [3.05, 3.63) is 29.8 Å². The van der Waals surface area contributed by atoms with E-state index in [1.807, 2.05) is 35.5 Å². The van der Waals surface area contributed by atoms with E-state index in [2.05, 4.69) is 10.0 Å². The predicted octanol–water partition coefficient (Wildman–Crippen LogP) is 1.95. The number of hydrazone groups is 1. The van der Waals surface area contributed by atoms with Gasteiger partial charge in [0.15, 0.2) is 0 Å². The Kier molecular flexibility index (Phi) is 5.88. The van der Waals surface area contributed by atoms with Crippen LogP contribution in [0.3, 0.4) is 0 Å². The molecule has 0 radical (unpaired) electrons. The summed E-state index contributed by atoms with van der Waals surface area (Å²) in [6, 6.07) is 8.23. The monoisotopic (exact) mass is 317 g/mol. The van der Waals surface area contributed by atoms with Crippen LogP contribution in [0.25, 0.3) is 0 Å². The van der Waals surface area contributed by atoms with Crippen molar-refractivity contribution >= 4 is 6.21 Å². The first-order valence-corrected chi connectivity index (χ1v) is 8.72. The third-order valence-corrected chi connectivity index (χ3v) is 4.67. The van der Waals surface area contributed by atoms with Crippen molar-refractivity contribution in [3.63, 3.8) is 0 Å². The van der Waals surface area contributed by atoms with Gasteiger partial charge in [0.05, 0.1) is 18.9 Å². The van der Waals surface area contributed by atoms with Crippen molar-refractivity contribution in [2.24, 2.45) is 5.10 Å². The van der Waals surface area contributed by atoms with Crippen molar-refractivity contribution in [1.29, 1.82) is 0 Å². The topological polar surface area (TPSA) is 48.3 Å². The van der Waals surface area contributed by atoms with Crippen LogP contribution in [0.1, 0.15) is 31.2 Å². The molecule has 3 rings (SSSR count). The molecule has 1 unspecified atom stereocenters. The highest BCUT2D eigenvalue weighted by Crippen LogP contribution is 2.17. The second kappa shape index (κ2) is 8.31. The summed E-state index contributed by atoms with van der Waals surface area (Å²) in [5, 5.41) is 15.8. The van der Waals surface area contributed by atoms with Gasteiger partial charge in [-0.2, -0.15) is 5.10 Å². The van der Waals surface area contributed by atoms with Crippen molar-refractivity contribution in [2.45, 2.75) is 31.7 Å². The van der Waals surface area contributed by atoms with E-state index in [9.17, 15) is 5.11 Å². The average molecular weight is 317 g/mol. The fourth-order valence-corrected chi connectivity index (χ4v) is 3.25. The molecule has 0 saturated carbocycles. The molecule has 126 valence electrons. The summed E-state index contributed by atoms with van der Waals surface area (Å²) >= 11 is 0. The molecule has 1 N–H and O–H groups in total. The molecule has 2 aliphatic rings. The van der Waals surface area contributed by atoms with E-state index in [0.29, 0.717) is 0 Å². The van der Waals surface area contributed by atoms with Crippen LogP contribution in [0, 0.1) is 0 Å². The summed E-state index contributed by atoms with van der Waals surface area (Å²) < 4.78 is 5.81. The summed E-state index contributed by atoms with van der Waals surface area (Å²) in [5.41, 5.74) is 1.06. The summed E-state index contributed by atoms with van der Waals surface area (Å²) in [6.45, 7) is 5.30. The van der Waals surface area contributed by atoms with Gasteiger partial charge in [-0.3, -0.25) is 9.91 Å². The minimum absolute atomic E-state index is 0.180. The lowest BCUT2D eigenvalue weighted by molar-refractivity contribution is 0.164. The molecule has 0 bridgehead atoms. The number of hydrogen-bond donors (Lipinski definition) is 1. The Labute approximate surface area is 138 Å². The molecule has 2 fully saturated rings. The van der Waals surface area contributed by atoms with Gasteiger partial charge in [-0.1, -0.05) is 0 Å². The maximum absolute atomic E-state index is 9.30. The van der Waals surface area contributed by atoms with Gasteiger partial charge in [0.25, 0.3) is 0 Å². The van der Waals surface area contributed by atoms with Crippen LogP contribution in [0.4, 0.5) is 0 Å². The van der Waals surface area contributed by atoms with Crippen LogP contribution < -0.4 is 4.74 Å². The van der Waals surface area contributed by atoms with Crippen molar-refractivity contribution < 1.29 is 9.84 Å². The van der Waals surface area contributed by atoms with Gasteiger partial charge in [0, 0.05) is 13.1 Å². The lowest BCUT2D eigenvalue weighted by Gasteiger charge is -2.18. The third-order valence-electron chi connectivity index (χ3n) is 4.67. The molecular weight excluding hydrogens is 290 g/mol. The number of aliphatic hydroxyl groups is 1. The lowest BCUT2D eigenvalue weighted by Crippen LogP contribution is -2.27. The van der Waals surface area contributed by atoms with Crippen molar-refractivity contribution in [2.75, 3.05) is 39.4 Å². The number of nitrogens with zero attached hydrogens (tertiary/aromatic N) is 3. The Bertz CT molecular complexity index is 497. The maximum Gasteiger partial charge on any atom is 0.119 e. The first-order chi connectivity index (χ1) is 11.3. The smallest absolute Gasteiger partial charge is 0.119 e. The third kappa shape index (κ3) is 4.69. The summed E-state index contributed by atoms with van der Waals surface area (Å²) in [5.74, 6) is 0.913. The van der Waals surface area contributed by atoms with Gasteiger partial charge in [0.1, 0.15) is 12.4 Å². The molecule has 5 heteroatoms. The molecule has 2 heterocycles.